The van der Waals surface area contributed by atoms with Crippen molar-refractivity contribution in [3.05, 3.63) is 77.4 Å². The van der Waals surface area contributed by atoms with Crippen LogP contribution >= 0.6 is 0 Å². The van der Waals surface area contributed by atoms with Crippen LogP contribution in [0, 0.1) is 12.7 Å². The van der Waals surface area contributed by atoms with Crippen LogP contribution in [0.3, 0.4) is 0 Å². The molecule has 0 saturated heterocycles. The van der Waals surface area contributed by atoms with E-state index in [-0.39, 0.29) is 22.6 Å². The van der Waals surface area contributed by atoms with Gasteiger partial charge in [0.1, 0.15) is 5.82 Å². The Morgan fingerprint density at radius 1 is 1.15 bits per heavy atom. The first kappa shape index (κ1) is 18.4. The van der Waals surface area contributed by atoms with Gasteiger partial charge in [-0.25, -0.2) is 4.39 Å². The quantitative estimate of drug-likeness (QED) is 0.682. The number of carbonyl (C=O) groups is 1. The van der Waals surface area contributed by atoms with Gasteiger partial charge in [-0.2, -0.15) is 13.2 Å². The molecule has 140 valence electrons. The Morgan fingerprint density at radius 2 is 1.85 bits per heavy atom. The van der Waals surface area contributed by atoms with E-state index in [2.05, 4.69) is 10.4 Å². The molecule has 0 unspecified atom stereocenters. The Bertz CT molecular complexity index is 965. The highest BCUT2D eigenvalue weighted by Crippen LogP contribution is 2.35. The van der Waals surface area contributed by atoms with Crippen LogP contribution in [-0.2, 0) is 6.18 Å². The van der Waals surface area contributed by atoms with E-state index in [9.17, 15) is 22.4 Å². The van der Waals surface area contributed by atoms with Gasteiger partial charge in [-0.3, -0.25) is 4.79 Å². The lowest BCUT2D eigenvalue weighted by Gasteiger charge is -2.13. The van der Waals surface area contributed by atoms with Crippen molar-refractivity contribution < 1.29 is 27.2 Å². The van der Waals surface area contributed by atoms with Gasteiger partial charge >= 0.3 is 6.18 Å². The molecule has 0 atom stereocenters. The average Bonchev–Trinajstić information content (AvgIpc) is 3.03. The van der Waals surface area contributed by atoms with Gasteiger partial charge in [0.05, 0.1) is 23.6 Å². The van der Waals surface area contributed by atoms with E-state index in [0.717, 1.165) is 23.0 Å². The van der Waals surface area contributed by atoms with Crippen molar-refractivity contribution >= 4 is 11.6 Å². The van der Waals surface area contributed by atoms with Gasteiger partial charge in [0.15, 0.2) is 5.75 Å². The topological polar surface area (TPSA) is 56.1 Å². The molecule has 0 radical (unpaired) electrons. The molecule has 0 aliphatic carbocycles. The van der Waals surface area contributed by atoms with Crippen LogP contribution in [0.5, 0.6) is 5.75 Å². The van der Waals surface area contributed by atoms with Crippen molar-refractivity contribution in [1.29, 1.82) is 0 Å². The molecule has 1 N–H and O–H groups in total. The molecule has 0 aliphatic heterocycles. The molecule has 0 aliphatic rings. The van der Waals surface area contributed by atoms with Gasteiger partial charge in [-0.15, -0.1) is 5.10 Å². The Morgan fingerprint density at radius 3 is 2.52 bits per heavy atom. The van der Waals surface area contributed by atoms with Crippen molar-refractivity contribution in [2.24, 2.45) is 0 Å². The number of alkyl halides is 3. The summed E-state index contributed by atoms with van der Waals surface area (Å²) < 4.78 is 51.7. The number of aromatic nitrogens is 2. The molecule has 0 spiro atoms. The lowest BCUT2D eigenvalue weighted by atomic mass is 10.1. The van der Waals surface area contributed by atoms with E-state index in [4.69, 9.17) is 4.84 Å². The zero-order valence-electron chi connectivity index (χ0n) is 13.9. The highest BCUT2D eigenvalue weighted by atomic mass is 19.4. The Hall–Kier alpha value is -3.36. The number of anilines is 1. The van der Waals surface area contributed by atoms with Crippen LogP contribution < -0.4 is 10.2 Å². The van der Waals surface area contributed by atoms with Crippen LogP contribution in [0.15, 0.2) is 54.9 Å². The van der Waals surface area contributed by atoms with Crippen molar-refractivity contribution in [2.45, 2.75) is 13.1 Å². The molecule has 2 aromatic carbocycles. The molecule has 9 heteroatoms. The number of rotatable bonds is 4. The lowest BCUT2D eigenvalue weighted by molar-refractivity contribution is -0.138. The van der Waals surface area contributed by atoms with Crippen LogP contribution in [0.25, 0.3) is 0 Å². The average molecular weight is 379 g/mol. The second kappa shape index (κ2) is 7.10. The molecular formula is C18H13F4N3O2. The van der Waals surface area contributed by atoms with Gasteiger partial charge < -0.3 is 10.2 Å². The maximum atomic E-state index is 13.0. The standard InChI is InChI=1S/C18H13F4N3O2/c1-11-15(18(20,21)22)3-2-4-16(11)27-25-10-14(9-23-25)24-17(26)12-5-7-13(19)8-6-12/h2-10H,1H3,(H,24,26). The first-order valence-corrected chi connectivity index (χ1v) is 7.71. The number of hydrogen-bond donors (Lipinski definition) is 1. The number of amides is 1. The highest BCUT2D eigenvalue weighted by molar-refractivity contribution is 6.04. The fraction of sp³-hybridized carbons (Fsp3) is 0.111. The summed E-state index contributed by atoms with van der Waals surface area (Å²) in [6.07, 6.45) is -1.94. The van der Waals surface area contributed by atoms with Gasteiger partial charge in [-0.05, 0) is 43.3 Å². The second-order valence-corrected chi connectivity index (χ2v) is 5.61. The van der Waals surface area contributed by atoms with Gasteiger partial charge in [-0.1, -0.05) is 10.9 Å². The number of nitrogens with zero attached hydrogens (tertiary/aromatic N) is 2. The van der Waals surface area contributed by atoms with Crippen molar-refractivity contribution in [1.82, 2.24) is 9.94 Å². The maximum absolute atomic E-state index is 13.0. The fourth-order valence-corrected chi connectivity index (χ4v) is 2.34. The largest absolute Gasteiger partial charge is 0.416 e. The van der Waals surface area contributed by atoms with Crippen LogP contribution in [0.2, 0.25) is 0 Å². The number of halogens is 4. The first-order chi connectivity index (χ1) is 12.7. The predicted molar refractivity (Wildman–Crippen MR) is 88.8 cm³/mol. The lowest BCUT2D eigenvalue weighted by Crippen LogP contribution is -2.12. The van der Waals surface area contributed by atoms with Crippen LogP contribution in [-0.4, -0.2) is 15.9 Å². The van der Waals surface area contributed by atoms with E-state index in [0.29, 0.717) is 0 Å². The minimum Gasteiger partial charge on any atom is -0.358 e. The molecule has 1 amide bonds. The minimum atomic E-state index is -4.50. The molecule has 3 rings (SSSR count). The predicted octanol–water partition coefficient (Wildman–Crippen LogP) is 4.44. The fourth-order valence-electron chi connectivity index (χ4n) is 2.34. The summed E-state index contributed by atoms with van der Waals surface area (Å²) in [5, 5.41) is 6.37. The summed E-state index contributed by atoms with van der Waals surface area (Å²) in [5.74, 6) is -0.988. The zero-order valence-corrected chi connectivity index (χ0v) is 13.9. The molecule has 1 heterocycles. The van der Waals surface area contributed by atoms with Crippen molar-refractivity contribution in [3.8, 4) is 5.75 Å². The maximum Gasteiger partial charge on any atom is 0.416 e. The number of hydrogen-bond acceptors (Lipinski definition) is 3. The van der Waals surface area contributed by atoms with E-state index in [1.807, 2.05) is 0 Å². The molecule has 1 aromatic heterocycles. The normalized spacial score (nSPS) is 11.3. The minimum absolute atomic E-state index is 0.0238. The van der Waals surface area contributed by atoms with Crippen LogP contribution in [0.4, 0.5) is 23.2 Å². The molecule has 0 bridgehead atoms. The third-order valence-electron chi connectivity index (χ3n) is 3.71. The summed E-state index contributed by atoms with van der Waals surface area (Å²) in [7, 11) is 0. The molecule has 27 heavy (non-hydrogen) atoms. The summed E-state index contributed by atoms with van der Waals surface area (Å²) in [6, 6.07) is 8.50. The Kier molecular flexibility index (Phi) is 4.85. The Balaban J connectivity index is 1.73. The number of benzene rings is 2. The SMILES string of the molecule is Cc1c(On2cc(NC(=O)c3ccc(F)cc3)cn2)cccc1C(F)(F)F. The molecule has 3 aromatic rings. The first-order valence-electron chi connectivity index (χ1n) is 7.71. The zero-order chi connectivity index (χ0) is 19.6. The van der Waals surface area contributed by atoms with Gasteiger partial charge in [0, 0.05) is 11.1 Å². The smallest absolute Gasteiger partial charge is 0.358 e. The second-order valence-electron chi connectivity index (χ2n) is 5.61. The van der Waals surface area contributed by atoms with E-state index in [1.165, 1.54) is 43.6 Å². The number of carbonyl (C=O) groups excluding carboxylic acids is 1. The van der Waals surface area contributed by atoms with Crippen molar-refractivity contribution in [3.63, 3.8) is 0 Å². The summed E-state index contributed by atoms with van der Waals surface area (Å²) in [6.45, 7) is 1.29. The molecule has 0 fully saturated rings. The molecule has 0 saturated carbocycles. The van der Waals surface area contributed by atoms with Gasteiger partial charge in [0.25, 0.3) is 5.91 Å². The highest BCUT2D eigenvalue weighted by Gasteiger charge is 2.33. The summed E-state index contributed by atoms with van der Waals surface area (Å²) in [4.78, 5) is 18.3. The third-order valence-corrected chi connectivity index (χ3v) is 3.71. The van der Waals surface area contributed by atoms with E-state index >= 15 is 0 Å². The summed E-state index contributed by atoms with van der Waals surface area (Å²) >= 11 is 0. The van der Waals surface area contributed by atoms with Crippen molar-refractivity contribution in [2.75, 3.05) is 5.32 Å². The molecule has 5 nitrogen and oxygen atoms in total. The van der Waals surface area contributed by atoms with E-state index in [1.54, 1.807) is 0 Å². The van der Waals surface area contributed by atoms with Gasteiger partial charge in [0.2, 0.25) is 0 Å². The van der Waals surface area contributed by atoms with Crippen LogP contribution in [0.1, 0.15) is 21.5 Å². The van der Waals surface area contributed by atoms with E-state index < -0.39 is 23.5 Å². The monoisotopic (exact) mass is 379 g/mol. The molecular weight excluding hydrogens is 366 g/mol. The number of nitrogens with one attached hydrogen (secondary N) is 1. The Labute approximate surface area is 151 Å². The third kappa shape index (κ3) is 4.25. The summed E-state index contributed by atoms with van der Waals surface area (Å²) in [5.41, 5.74) is -0.401.